The average Bonchev–Trinajstić information content (AvgIpc) is 4.08. The summed E-state index contributed by atoms with van der Waals surface area (Å²) in [5.74, 6) is 2.65. The van der Waals surface area contributed by atoms with Crippen LogP contribution in [-0.2, 0) is 0 Å². The normalized spacial score (nSPS) is 12.1. The van der Waals surface area contributed by atoms with Crippen LogP contribution in [0.2, 0.25) is 0 Å². The van der Waals surface area contributed by atoms with Gasteiger partial charge in [-0.05, 0) is 84.9 Å². The van der Waals surface area contributed by atoms with E-state index in [1.54, 1.807) is 0 Å². The summed E-state index contributed by atoms with van der Waals surface area (Å²) in [7, 11) is 0. The minimum absolute atomic E-state index is 0.872. The van der Waals surface area contributed by atoms with Crippen LogP contribution in [0, 0.1) is 0 Å². The minimum Gasteiger partial charge on any atom is -0.309 e. The van der Waals surface area contributed by atoms with E-state index in [9.17, 15) is 0 Å². The molecule has 14 rings (SSSR count). The number of benzene rings is 8. The Balaban J connectivity index is 0.949. The molecular formula is C58H36N6. The molecule has 0 aliphatic rings. The van der Waals surface area contributed by atoms with E-state index in [0.29, 0.717) is 0 Å². The molecule has 0 saturated heterocycles. The van der Waals surface area contributed by atoms with Crippen molar-refractivity contribution in [3.8, 4) is 34.4 Å². The van der Waals surface area contributed by atoms with Crippen LogP contribution in [0.25, 0.3) is 122 Å². The SMILES string of the molecule is c1cc(-c2cccc(-n3c4ccccc4c4ccccc43)n2)cc(-n2c3ccccc3c3cc4c(cc32)c2ccccc2n4-c2cccc(-n3c4ccccc4c4ccccc43)n2)c1. The van der Waals surface area contributed by atoms with E-state index >= 15 is 0 Å². The Hall–Kier alpha value is -8.74. The predicted octanol–water partition coefficient (Wildman–Crippen LogP) is 14.5. The second-order valence-electron chi connectivity index (χ2n) is 16.6. The molecule has 6 nitrogen and oxygen atoms in total. The molecule has 0 N–H and O–H groups in total. The van der Waals surface area contributed by atoms with E-state index in [1.165, 1.54) is 43.1 Å². The number of nitrogens with zero attached hydrogens (tertiary/aromatic N) is 6. The van der Waals surface area contributed by atoms with Crippen molar-refractivity contribution in [3.63, 3.8) is 0 Å². The lowest BCUT2D eigenvalue weighted by Gasteiger charge is -2.12. The predicted molar refractivity (Wildman–Crippen MR) is 265 cm³/mol. The van der Waals surface area contributed by atoms with Gasteiger partial charge in [-0.15, -0.1) is 0 Å². The number of hydrogen-bond acceptors (Lipinski definition) is 2. The van der Waals surface area contributed by atoms with Crippen molar-refractivity contribution in [1.82, 2.24) is 28.2 Å². The van der Waals surface area contributed by atoms with Gasteiger partial charge in [0, 0.05) is 54.3 Å². The average molecular weight is 817 g/mol. The molecule has 14 aromatic rings. The summed E-state index contributed by atoms with van der Waals surface area (Å²) in [5.41, 5.74) is 12.1. The molecule has 0 aliphatic carbocycles. The third kappa shape index (κ3) is 4.96. The van der Waals surface area contributed by atoms with Crippen molar-refractivity contribution in [2.75, 3.05) is 0 Å². The van der Waals surface area contributed by atoms with Crippen molar-refractivity contribution >= 4 is 87.2 Å². The largest absolute Gasteiger partial charge is 0.309 e. The second kappa shape index (κ2) is 13.4. The van der Waals surface area contributed by atoms with Crippen LogP contribution >= 0.6 is 0 Å². The molecule has 6 aromatic heterocycles. The zero-order valence-corrected chi connectivity index (χ0v) is 34.5. The van der Waals surface area contributed by atoms with E-state index in [0.717, 1.165) is 78.5 Å². The highest BCUT2D eigenvalue weighted by Crippen LogP contribution is 2.41. The summed E-state index contributed by atoms with van der Waals surface area (Å²) in [5, 5.41) is 9.61. The number of pyridine rings is 2. The molecule has 6 heteroatoms. The van der Waals surface area contributed by atoms with Gasteiger partial charge in [0.25, 0.3) is 0 Å². The summed E-state index contributed by atoms with van der Waals surface area (Å²) in [6.45, 7) is 0. The number of hydrogen-bond donors (Lipinski definition) is 0. The van der Waals surface area contributed by atoms with Gasteiger partial charge in [0.2, 0.25) is 0 Å². The Morgan fingerprint density at radius 1 is 0.234 bits per heavy atom. The number of para-hydroxylation sites is 6. The first kappa shape index (κ1) is 34.9. The molecule has 0 atom stereocenters. The Labute approximate surface area is 366 Å². The van der Waals surface area contributed by atoms with Crippen molar-refractivity contribution in [3.05, 3.63) is 218 Å². The van der Waals surface area contributed by atoms with Gasteiger partial charge in [0.05, 0.1) is 49.8 Å². The number of aromatic nitrogens is 6. The first-order chi connectivity index (χ1) is 31.8. The Kier molecular flexibility index (Phi) is 7.30. The summed E-state index contributed by atoms with van der Waals surface area (Å²) in [6, 6.07) is 78.1. The molecule has 298 valence electrons. The fraction of sp³-hybridized carbons (Fsp3) is 0. The van der Waals surface area contributed by atoms with Crippen molar-refractivity contribution < 1.29 is 0 Å². The van der Waals surface area contributed by atoms with Crippen LogP contribution in [-0.4, -0.2) is 28.2 Å². The van der Waals surface area contributed by atoms with Crippen LogP contribution in [0.5, 0.6) is 0 Å². The maximum absolute atomic E-state index is 5.46. The Bertz CT molecular complexity index is 4110. The highest BCUT2D eigenvalue weighted by atomic mass is 15.1. The maximum atomic E-state index is 5.46. The summed E-state index contributed by atoms with van der Waals surface area (Å²) in [6.07, 6.45) is 0. The van der Waals surface area contributed by atoms with Gasteiger partial charge in [-0.3, -0.25) is 13.7 Å². The monoisotopic (exact) mass is 816 g/mol. The minimum atomic E-state index is 0.872. The van der Waals surface area contributed by atoms with Gasteiger partial charge in [-0.2, -0.15) is 0 Å². The molecule has 0 fully saturated rings. The lowest BCUT2D eigenvalue weighted by Crippen LogP contribution is -2.03. The fourth-order valence-electron chi connectivity index (χ4n) is 10.5. The third-order valence-electron chi connectivity index (χ3n) is 13.2. The van der Waals surface area contributed by atoms with E-state index in [4.69, 9.17) is 9.97 Å². The quantitative estimate of drug-likeness (QED) is 0.174. The lowest BCUT2D eigenvalue weighted by molar-refractivity contribution is 1.01. The van der Waals surface area contributed by atoms with Gasteiger partial charge >= 0.3 is 0 Å². The van der Waals surface area contributed by atoms with Gasteiger partial charge < -0.3 is 4.57 Å². The third-order valence-corrected chi connectivity index (χ3v) is 13.2. The van der Waals surface area contributed by atoms with E-state index in [-0.39, 0.29) is 0 Å². The van der Waals surface area contributed by atoms with Crippen molar-refractivity contribution in [2.45, 2.75) is 0 Å². The maximum Gasteiger partial charge on any atom is 0.140 e. The van der Waals surface area contributed by atoms with Crippen LogP contribution in [0.1, 0.15) is 0 Å². The highest BCUT2D eigenvalue weighted by Gasteiger charge is 2.21. The molecular weight excluding hydrogens is 781 g/mol. The van der Waals surface area contributed by atoms with Crippen LogP contribution in [0.4, 0.5) is 0 Å². The van der Waals surface area contributed by atoms with Crippen LogP contribution < -0.4 is 0 Å². The molecule has 0 spiro atoms. The fourth-order valence-corrected chi connectivity index (χ4v) is 10.5. The first-order valence-corrected chi connectivity index (χ1v) is 21.8. The molecule has 64 heavy (non-hydrogen) atoms. The van der Waals surface area contributed by atoms with E-state index < -0.39 is 0 Å². The summed E-state index contributed by atoms with van der Waals surface area (Å²) >= 11 is 0. The molecule has 0 amide bonds. The molecule has 6 heterocycles. The Morgan fingerprint density at radius 2 is 0.578 bits per heavy atom. The molecule has 0 radical (unpaired) electrons. The lowest BCUT2D eigenvalue weighted by atomic mass is 10.1. The first-order valence-electron chi connectivity index (χ1n) is 21.8. The van der Waals surface area contributed by atoms with Crippen LogP contribution in [0.15, 0.2) is 218 Å². The standard InChI is InChI=1S/C58H36N6/c1-8-26-49-39(18-1)40-19-2-9-27-50(40)62(49)56-31-14-24-47(59-56)37-16-13-17-38(34-37)61-48-25-7-5-22-43(48)45-36-55-46(35-54(45)61)44-23-6-12-30-53(44)64(55)58-33-15-32-57(60-58)63-51-28-10-3-20-41(51)42-21-4-11-29-52(42)63/h1-36H. The second-order valence-corrected chi connectivity index (χ2v) is 16.6. The van der Waals surface area contributed by atoms with Crippen molar-refractivity contribution in [2.24, 2.45) is 0 Å². The molecule has 8 aromatic carbocycles. The van der Waals surface area contributed by atoms with Gasteiger partial charge in [-0.1, -0.05) is 133 Å². The summed E-state index contributed by atoms with van der Waals surface area (Å²) < 4.78 is 9.32. The number of fused-ring (bicyclic) bond motifs is 12. The zero-order valence-electron chi connectivity index (χ0n) is 34.5. The molecule has 0 unspecified atom stereocenters. The highest BCUT2D eigenvalue weighted by molar-refractivity contribution is 6.19. The van der Waals surface area contributed by atoms with Gasteiger partial charge in [0.15, 0.2) is 0 Å². The Morgan fingerprint density at radius 3 is 1.05 bits per heavy atom. The topological polar surface area (TPSA) is 45.5 Å². The van der Waals surface area contributed by atoms with Crippen molar-refractivity contribution in [1.29, 1.82) is 0 Å². The van der Waals surface area contributed by atoms with Gasteiger partial charge in [0.1, 0.15) is 17.5 Å². The van der Waals surface area contributed by atoms with Gasteiger partial charge in [-0.25, -0.2) is 9.97 Å². The zero-order chi connectivity index (χ0) is 41.9. The summed E-state index contributed by atoms with van der Waals surface area (Å²) in [4.78, 5) is 10.8. The molecule has 0 aliphatic heterocycles. The number of rotatable bonds is 5. The van der Waals surface area contributed by atoms with E-state index in [2.05, 4.69) is 237 Å². The molecule has 0 bridgehead atoms. The molecule has 0 saturated carbocycles. The van der Waals surface area contributed by atoms with E-state index in [1.807, 2.05) is 0 Å². The van der Waals surface area contributed by atoms with Crippen LogP contribution in [0.3, 0.4) is 0 Å². The smallest absolute Gasteiger partial charge is 0.140 e.